The van der Waals surface area contributed by atoms with E-state index in [1.54, 1.807) is 17.8 Å². The average molecular weight is 299 g/mol. The van der Waals surface area contributed by atoms with Gasteiger partial charge in [-0.15, -0.1) is 5.10 Å². The van der Waals surface area contributed by atoms with E-state index in [9.17, 15) is 4.79 Å². The number of tetrazole rings is 1. The minimum Gasteiger partial charge on any atom is -0.298 e. The Morgan fingerprint density at radius 1 is 1.50 bits per heavy atom. The van der Waals surface area contributed by atoms with Crippen molar-refractivity contribution in [2.75, 3.05) is 0 Å². The monoisotopic (exact) mass is 298 g/mol. The zero-order chi connectivity index (χ0) is 11.5. The molecule has 0 aliphatic carbocycles. The van der Waals surface area contributed by atoms with Crippen LogP contribution in [0.2, 0.25) is 0 Å². The summed E-state index contributed by atoms with van der Waals surface area (Å²) in [5, 5.41) is 11.8. The van der Waals surface area contributed by atoms with E-state index in [2.05, 4.69) is 31.5 Å². The Kier molecular flexibility index (Phi) is 3.35. The van der Waals surface area contributed by atoms with Gasteiger partial charge in [0, 0.05) is 22.0 Å². The molecule has 0 fully saturated rings. The van der Waals surface area contributed by atoms with Gasteiger partial charge in [-0.3, -0.25) is 4.79 Å². The highest BCUT2D eigenvalue weighted by atomic mass is 79.9. The van der Waals surface area contributed by atoms with Crippen LogP contribution in [0.1, 0.15) is 10.4 Å². The van der Waals surface area contributed by atoms with Crippen molar-refractivity contribution in [3.8, 4) is 0 Å². The zero-order valence-corrected chi connectivity index (χ0v) is 10.7. The van der Waals surface area contributed by atoms with Gasteiger partial charge in [-0.1, -0.05) is 15.9 Å². The third-order valence-electron chi connectivity index (χ3n) is 1.89. The van der Waals surface area contributed by atoms with Crippen LogP contribution in [0.5, 0.6) is 0 Å². The summed E-state index contributed by atoms with van der Waals surface area (Å²) >= 11 is 4.76. The lowest BCUT2D eigenvalue weighted by Gasteiger charge is -2.01. The highest BCUT2D eigenvalue weighted by Crippen LogP contribution is 2.28. The smallest absolute Gasteiger partial charge is 0.213 e. The predicted octanol–water partition coefficient (Wildman–Crippen LogP) is 1.94. The molecule has 1 aromatic carbocycles. The number of aromatic nitrogens is 4. The van der Waals surface area contributed by atoms with Crippen LogP contribution in [0.25, 0.3) is 0 Å². The molecule has 0 spiro atoms. The van der Waals surface area contributed by atoms with E-state index in [0.717, 1.165) is 15.7 Å². The van der Waals surface area contributed by atoms with Crippen molar-refractivity contribution in [1.82, 2.24) is 20.2 Å². The number of hydrogen-bond acceptors (Lipinski definition) is 5. The molecule has 2 rings (SSSR count). The summed E-state index contributed by atoms with van der Waals surface area (Å²) in [6.45, 7) is 0. The summed E-state index contributed by atoms with van der Waals surface area (Å²) in [5.74, 6) is 0. The lowest BCUT2D eigenvalue weighted by atomic mass is 10.2. The van der Waals surface area contributed by atoms with Crippen LogP contribution in [0, 0.1) is 0 Å². The van der Waals surface area contributed by atoms with E-state index in [1.165, 1.54) is 11.8 Å². The number of nitrogens with zero attached hydrogens (tertiary/aromatic N) is 4. The molecule has 1 heterocycles. The van der Waals surface area contributed by atoms with Crippen molar-refractivity contribution in [1.29, 1.82) is 0 Å². The molecular weight excluding hydrogens is 292 g/mol. The Labute approximate surface area is 104 Å². The first-order chi connectivity index (χ1) is 7.70. The Hall–Kier alpha value is -1.21. The summed E-state index contributed by atoms with van der Waals surface area (Å²) in [5.41, 5.74) is 0.625. The molecule has 0 saturated heterocycles. The maximum absolute atomic E-state index is 10.6. The molecule has 0 bridgehead atoms. The van der Waals surface area contributed by atoms with Crippen LogP contribution in [0.15, 0.2) is 32.7 Å². The van der Waals surface area contributed by atoms with Crippen molar-refractivity contribution in [2.45, 2.75) is 10.1 Å². The second kappa shape index (κ2) is 4.75. The Bertz CT molecular complexity index is 528. The Morgan fingerprint density at radius 3 is 2.88 bits per heavy atom. The first kappa shape index (κ1) is 11.3. The SMILES string of the molecule is Cn1nnnc1Sc1ccc(C=O)c(Br)c1. The Morgan fingerprint density at radius 2 is 2.31 bits per heavy atom. The summed E-state index contributed by atoms with van der Waals surface area (Å²) in [4.78, 5) is 11.6. The van der Waals surface area contributed by atoms with Crippen molar-refractivity contribution in [3.05, 3.63) is 28.2 Å². The molecule has 0 atom stereocenters. The van der Waals surface area contributed by atoms with Gasteiger partial charge in [0.05, 0.1) is 0 Å². The molecule has 7 heteroatoms. The molecule has 0 aliphatic heterocycles. The molecule has 5 nitrogen and oxygen atoms in total. The number of carbonyl (C=O) groups excluding carboxylic acids is 1. The first-order valence-corrected chi connectivity index (χ1v) is 5.96. The van der Waals surface area contributed by atoms with E-state index >= 15 is 0 Å². The van der Waals surface area contributed by atoms with E-state index in [-0.39, 0.29) is 0 Å². The van der Waals surface area contributed by atoms with Gasteiger partial charge in [0.25, 0.3) is 0 Å². The summed E-state index contributed by atoms with van der Waals surface area (Å²) in [6.07, 6.45) is 0.808. The van der Waals surface area contributed by atoms with Gasteiger partial charge in [0.15, 0.2) is 6.29 Å². The molecule has 0 aliphatic rings. The molecule has 0 saturated carbocycles. The van der Waals surface area contributed by atoms with Gasteiger partial charge in [-0.25, -0.2) is 4.68 Å². The van der Waals surface area contributed by atoms with Crippen LogP contribution in [-0.2, 0) is 7.05 Å². The lowest BCUT2D eigenvalue weighted by Crippen LogP contribution is -1.92. The molecule has 16 heavy (non-hydrogen) atoms. The van der Waals surface area contributed by atoms with Crippen molar-refractivity contribution < 1.29 is 4.79 Å². The normalized spacial score (nSPS) is 10.4. The third kappa shape index (κ3) is 2.30. The molecule has 0 amide bonds. The van der Waals surface area contributed by atoms with E-state index in [1.807, 2.05) is 12.1 Å². The van der Waals surface area contributed by atoms with E-state index in [0.29, 0.717) is 10.7 Å². The fraction of sp³-hybridized carbons (Fsp3) is 0.111. The van der Waals surface area contributed by atoms with E-state index in [4.69, 9.17) is 0 Å². The summed E-state index contributed by atoms with van der Waals surface area (Å²) in [6, 6.07) is 5.47. The second-order valence-corrected chi connectivity index (χ2v) is 4.88. The van der Waals surface area contributed by atoms with Gasteiger partial charge in [0.2, 0.25) is 5.16 Å². The number of carbonyl (C=O) groups is 1. The highest BCUT2D eigenvalue weighted by Gasteiger charge is 2.06. The standard InChI is InChI=1S/C9H7BrN4OS/c1-14-9(11-12-13-14)16-7-3-2-6(5-15)8(10)4-7/h2-5H,1H3. The maximum Gasteiger partial charge on any atom is 0.213 e. The zero-order valence-electron chi connectivity index (χ0n) is 8.29. The predicted molar refractivity (Wildman–Crippen MR) is 62.5 cm³/mol. The quantitative estimate of drug-likeness (QED) is 0.811. The number of hydrogen-bond donors (Lipinski definition) is 0. The van der Waals surface area contributed by atoms with Gasteiger partial charge in [-0.05, 0) is 40.4 Å². The molecule has 0 unspecified atom stereocenters. The van der Waals surface area contributed by atoms with Crippen LogP contribution in [0.3, 0.4) is 0 Å². The molecule has 82 valence electrons. The number of aryl methyl sites for hydroxylation is 1. The minimum atomic E-state index is 0.625. The van der Waals surface area contributed by atoms with E-state index < -0.39 is 0 Å². The van der Waals surface area contributed by atoms with Crippen LogP contribution < -0.4 is 0 Å². The lowest BCUT2D eigenvalue weighted by molar-refractivity contribution is 0.112. The minimum absolute atomic E-state index is 0.625. The van der Waals surface area contributed by atoms with Crippen LogP contribution in [0.4, 0.5) is 0 Å². The largest absolute Gasteiger partial charge is 0.298 e. The number of rotatable bonds is 3. The molecule has 0 radical (unpaired) electrons. The van der Waals surface area contributed by atoms with Gasteiger partial charge >= 0.3 is 0 Å². The first-order valence-electron chi connectivity index (χ1n) is 4.35. The highest BCUT2D eigenvalue weighted by molar-refractivity contribution is 9.10. The molecular formula is C9H7BrN4OS. The molecule has 2 aromatic rings. The van der Waals surface area contributed by atoms with Crippen molar-refractivity contribution in [3.63, 3.8) is 0 Å². The van der Waals surface area contributed by atoms with Crippen molar-refractivity contribution >= 4 is 34.0 Å². The number of benzene rings is 1. The second-order valence-electron chi connectivity index (χ2n) is 2.99. The third-order valence-corrected chi connectivity index (χ3v) is 3.59. The van der Waals surface area contributed by atoms with Gasteiger partial charge < -0.3 is 0 Å². The summed E-state index contributed by atoms with van der Waals surface area (Å²) < 4.78 is 2.36. The number of aldehydes is 1. The van der Waals surface area contributed by atoms with Crippen molar-refractivity contribution in [2.24, 2.45) is 7.05 Å². The van der Waals surface area contributed by atoms with Crippen LogP contribution >= 0.6 is 27.7 Å². The maximum atomic E-state index is 10.6. The topological polar surface area (TPSA) is 60.7 Å². The Balaban J connectivity index is 2.26. The molecule has 1 aromatic heterocycles. The average Bonchev–Trinajstić information content (AvgIpc) is 2.65. The molecule has 0 N–H and O–H groups in total. The number of halogens is 1. The van der Waals surface area contributed by atoms with Crippen LogP contribution in [-0.4, -0.2) is 26.5 Å². The summed E-state index contributed by atoms with van der Waals surface area (Å²) in [7, 11) is 1.77. The van der Waals surface area contributed by atoms with Gasteiger partial charge in [0.1, 0.15) is 0 Å². The fourth-order valence-corrected chi connectivity index (χ4v) is 2.47. The fourth-order valence-electron chi connectivity index (χ4n) is 1.08. The van der Waals surface area contributed by atoms with Gasteiger partial charge in [-0.2, -0.15) is 0 Å².